The summed E-state index contributed by atoms with van der Waals surface area (Å²) in [6, 6.07) is 9.36. The van der Waals surface area contributed by atoms with Gasteiger partial charge in [-0.3, -0.25) is 4.72 Å². The summed E-state index contributed by atoms with van der Waals surface area (Å²) in [4.78, 5) is -0.0335. The number of nitriles is 1. The van der Waals surface area contributed by atoms with Crippen LogP contribution in [0.1, 0.15) is 5.56 Å². The number of anilines is 1. The van der Waals surface area contributed by atoms with Crippen molar-refractivity contribution < 1.29 is 12.8 Å². The molecule has 0 bridgehead atoms. The van der Waals surface area contributed by atoms with Crippen LogP contribution in [0.25, 0.3) is 0 Å². The van der Waals surface area contributed by atoms with Crippen LogP contribution in [-0.2, 0) is 10.0 Å². The van der Waals surface area contributed by atoms with E-state index in [4.69, 9.17) is 16.9 Å². The highest BCUT2D eigenvalue weighted by molar-refractivity contribution is 9.10. The van der Waals surface area contributed by atoms with E-state index in [1.165, 1.54) is 24.3 Å². The van der Waals surface area contributed by atoms with Crippen LogP contribution in [-0.4, -0.2) is 8.42 Å². The Morgan fingerprint density at radius 2 is 1.86 bits per heavy atom. The predicted molar refractivity (Wildman–Crippen MR) is 81.1 cm³/mol. The van der Waals surface area contributed by atoms with E-state index in [0.717, 1.165) is 12.1 Å². The number of hydrogen-bond acceptors (Lipinski definition) is 3. The molecular weight excluding hydrogens is 383 g/mol. The van der Waals surface area contributed by atoms with Crippen LogP contribution in [0.15, 0.2) is 45.8 Å². The Hall–Kier alpha value is -1.62. The van der Waals surface area contributed by atoms with Gasteiger partial charge >= 0.3 is 0 Å². The third-order valence-corrected chi connectivity index (χ3v) is 4.83. The molecule has 0 unspecified atom stereocenters. The Balaban J connectivity index is 2.40. The lowest BCUT2D eigenvalue weighted by Gasteiger charge is -2.11. The van der Waals surface area contributed by atoms with Gasteiger partial charge in [0.2, 0.25) is 0 Å². The summed E-state index contributed by atoms with van der Waals surface area (Å²) < 4.78 is 40.0. The summed E-state index contributed by atoms with van der Waals surface area (Å²) in [7, 11) is -3.89. The number of nitrogens with zero attached hydrogens (tertiary/aromatic N) is 1. The first-order valence-corrected chi connectivity index (χ1v) is 8.16. The molecule has 0 saturated carbocycles. The van der Waals surface area contributed by atoms with Gasteiger partial charge in [0.05, 0.1) is 27.2 Å². The van der Waals surface area contributed by atoms with Gasteiger partial charge in [0.1, 0.15) is 5.82 Å². The molecule has 0 spiro atoms. The Bertz CT molecular complexity index is 809. The van der Waals surface area contributed by atoms with Gasteiger partial charge in [-0.15, -0.1) is 0 Å². The zero-order valence-electron chi connectivity index (χ0n) is 10.3. The van der Waals surface area contributed by atoms with Gasteiger partial charge in [-0.1, -0.05) is 11.6 Å². The topological polar surface area (TPSA) is 70.0 Å². The minimum Gasteiger partial charge on any atom is -0.277 e. The van der Waals surface area contributed by atoms with Crippen molar-refractivity contribution in [3.05, 3.63) is 57.3 Å². The molecular formula is C13H7BrClFN2O2S. The first-order chi connectivity index (χ1) is 9.83. The van der Waals surface area contributed by atoms with E-state index < -0.39 is 15.8 Å². The molecule has 21 heavy (non-hydrogen) atoms. The van der Waals surface area contributed by atoms with E-state index in [0.29, 0.717) is 5.56 Å². The van der Waals surface area contributed by atoms with Crippen LogP contribution in [0.4, 0.5) is 10.1 Å². The molecule has 2 rings (SSSR count). The Labute approximate surface area is 134 Å². The van der Waals surface area contributed by atoms with Gasteiger partial charge in [-0.25, -0.2) is 12.8 Å². The fourth-order valence-electron chi connectivity index (χ4n) is 1.54. The largest absolute Gasteiger partial charge is 0.277 e. The number of nitrogens with one attached hydrogen (secondary N) is 1. The van der Waals surface area contributed by atoms with E-state index in [-0.39, 0.29) is 20.1 Å². The highest BCUT2D eigenvalue weighted by Gasteiger charge is 2.18. The number of halogens is 3. The molecule has 0 heterocycles. The van der Waals surface area contributed by atoms with Crippen molar-refractivity contribution in [2.45, 2.75) is 4.90 Å². The third kappa shape index (κ3) is 3.53. The van der Waals surface area contributed by atoms with Crippen LogP contribution in [0.3, 0.4) is 0 Å². The molecule has 0 fully saturated rings. The average molecular weight is 390 g/mol. The molecule has 8 heteroatoms. The molecule has 0 radical (unpaired) electrons. The van der Waals surface area contributed by atoms with Crippen molar-refractivity contribution in [1.82, 2.24) is 0 Å². The maximum Gasteiger partial charge on any atom is 0.261 e. The lowest BCUT2D eigenvalue weighted by Crippen LogP contribution is -2.13. The predicted octanol–water partition coefficient (Wildman–Crippen LogP) is 3.91. The van der Waals surface area contributed by atoms with Gasteiger partial charge in [0, 0.05) is 4.47 Å². The molecule has 0 aliphatic carbocycles. The minimum atomic E-state index is -3.89. The zero-order chi connectivity index (χ0) is 15.6. The lowest BCUT2D eigenvalue weighted by atomic mass is 10.2. The first-order valence-electron chi connectivity index (χ1n) is 5.51. The number of sulfonamides is 1. The van der Waals surface area contributed by atoms with Crippen molar-refractivity contribution in [2.24, 2.45) is 0 Å². The fourth-order valence-corrected chi connectivity index (χ4v) is 3.73. The van der Waals surface area contributed by atoms with Gasteiger partial charge in [0.15, 0.2) is 0 Å². The van der Waals surface area contributed by atoms with Crippen LogP contribution in [0, 0.1) is 17.1 Å². The summed E-state index contributed by atoms with van der Waals surface area (Å²) in [5.74, 6) is -0.590. The molecule has 0 aromatic heterocycles. The lowest BCUT2D eigenvalue weighted by molar-refractivity contribution is 0.601. The normalized spacial score (nSPS) is 11.0. The summed E-state index contributed by atoms with van der Waals surface area (Å²) in [6.07, 6.45) is 0. The second kappa shape index (κ2) is 6.02. The summed E-state index contributed by atoms with van der Waals surface area (Å²) in [5, 5.41) is 8.62. The van der Waals surface area contributed by atoms with Crippen molar-refractivity contribution in [2.75, 3.05) is 4.72 Å². The molecule has 0 aliphatic rings. The number of hydrogen-bond donors (Lipinski definition) is 1. The van der Waals surface area contributed by atoms with Crippen LogP contribution in [0.5, 0.6) is 0 Å². The van der Waals surface area contributed by atoms with Crippen molar-refractivity contribution in [3.63, 3.8) is 0 Å². The average Bonchev–Trinajstić information content (AvgIpc) is 2.43. The molecule has 0 aliphatic heterocycles. The van der Waals surface area contributed by atoms with Crippen molar-refractivity contribution >= 4 is 43.2 Å². The Morgan fingerprint density at radius 3 is 2.38 bits per heavy atom. The fraction of sp³-hybridized carbons (Fsp3) is 0. The Morgan fingerprint density at radius 1 is 1.24 bits per heavy atom. The SMILES string of the molecule is N#Cc1ccc(S(=O)(=O)Nc2c(Cl)cc(F)cc2Br)cc1. The minimum absolute atomic E-state index is 0.0335. The molecule has 1 N–H and O–H groups in total. The highest BCUT2D eigenvalue weighted by atomic mass is 79.9. The second-order valence-electron chi connectivity index (χ2n) is 3.99. The summed E-state index contributed by atoms with van der Waals surface area (Å²) >= 11 is 8.89. The molecule has 4 nitrogen and oxygen atoms in total. The van der Waals surface area contributed by atoms with Crippen LogP contribution in [0.2, 0.25) is 5.02 Å². The molecule has 2 aromatic carbocycles. The molecule has 108 valence electrons. The highest BCUT2D eigenvalue weighted by Crippen LogP contribution is 2.33. The number of benzene rings is 2. The van der Waals surface area contributed by atoms with Gasteiger partial charge in [-0.05, 0) is 52.3 Å². The molecule has 2 aromatic rings. The molecule has 0 atom stereocenters. The van der Waals surface area contributed by atoms with Gasteiger partial charge in [-0.2, -0.15) is 5.26 Å². The summed E-state index contributed by atoms with van der Waals surface area (Å²) in [6.45, 7) is 0. The van der Waals surface area contributed by atoms with E-state index in [1.807, 2.05) is 6.07 Å². The van der Waals surface area contributed by atoms with Gasteiger partial charge < -0.3 is 0 Å². The van der Waals surface area contributed by atoms with E-state index in [2.05, 4.69) is 20.7 Å². The maximum absolute atomic E-state index is 13.1. The third-order valence-electron chi connectivity index (χ3n) is 2.54. The standard InChI is InChI=1S/C13H7BrClFN2O2S/c14-11-5-9(16)6-12(15)13(11)18-21(19,20)10-3-1-8(7-17)2-4-10/h1-6,18H. The van der Waals surface area contributed by atoms with Crippen LogP contribution >= 0.6 is 27.5 Å². The van der Waals surface area contributed by atoms with E-state index >= 15 is 0 Å². The summed E-state index contributed by atoms with van der Waals surface area (Å²) in [5.41, 5.74) is 0.386. The smallest absolute Gasteiger partial charge is 0.261 e. The number of rotatable bonds is 3. The quantitative estimate of drug-likeness (QED) is 0.865. The van der Waals surface area contributed by atoms with Crippen molar-refractivity contribution in [1.29, 1.82) is 5.26 Å². The van der Waals surface area contributed by atoms with E-state index in [1.54, 1.807) is 0 Å². The molecule has 0 saturated heterocycles. The van der Waals surface area contributed by atoms with Gasteiger partial charge in [0.25, 0.3) is 10.0 Å². The Kier molecular flexibility index (Phi) is 4.52. The first kappa shape index (κ1) is 15.8. The second-order valence-corrected chi connectivity index (χ2v) is 6.93. The monoisotopic (exact) mass is 388 g/mol. The zero-order valence-corrected chi connectivity index (χ0v) is 13.4. The van der Waals surface area contributed by atoms with Crippen LogP contribution < -0.4 is 4.72 Å². The maximum atomic E-state index is 13.1. The van der Waals surface area contributed by atoms with E-state index in [9.17, 15) is 12.8 Å². The van der Waals surface area contributed by atoms with Crippen molar-refractivity contribution in [3.8, 4) is 6.07 Å². The molecule has 0 amide bonds.